The summed E-state index contributed by atoms with van der Waals surface area (Å²) in [5.74, 6) is -1.74. The van der Waals surface area contributed by atoms with Crippen molar-refractivity contribution in [2.45, 2.75) is 50.5 Å². The van der Waals surface area contributed by atoms with Gasteiger partial charge in [0.25, 0.3) is 0 Å². The topological polar surface area (TPSA) is 151 Å². The number of hydrogen-bond acceptors (Lipinski definition) is 6. The van der Waals surface area contributed by atoms with E-state index in [0.717, 1.165) is 25.7 Å². The van der Waals surface area contributed by atoms with Crippen LogP contribution < -0.4 is 21.0 Å². The number of carboxylic acids is 1. The number of para-hydroxylation sites is 1. The number of nitrogens with one attached hydrogen (secondary N) is 2. The maximum absolute atomic E-state index is 12.5. The number of aromatic carboxylic acids is 1. The summed E-state index contributed by atoms with van der Waals surface area (Å²) in [6.45, 7) is -0.0226. The lowest BCUT2D eigenvalue weighted by Crippen LogP contribution is -2.53. The van der Waals surface area contributed by atoms with E-state index in [2.05, 4.69) is 10.6 Å². The van der Waals surface area contributed by atoms with E-state index in [1.54, 1.807) is 12.1 Å². The Bertz CT molecular complexity index is 781. The first-order chi connectivity index (χ1) is 13.9. The molecular weight excluding hydrogens is 377 g/mol. The molecule has 0 radical (unpaired) electrons. The first-order valence-corrected chi connectivity index (χ1v) is 9.86. The van der Waals surface area contributed by atoms with Crippen LogP contribution in [0.3, 0.4) is 0 Å². The molecule has 9 nitrogen and oxygen atoms in total. The number of carbonyl (C=O) groups is 3. The van der Waals surface area contributed by atoms with Crippen LogP contribution >= 0.6 is 0 Å². The largest absolute Gasteiger partial charge is 0.547 e. The second kappa shape index (κ2) is 9.28. The Labute approximate surface area is 169 Å². The molecule has 1 saturated carbocycles. The standard InChI is InChI=1S/C19H26BN3O6/c21-10-17(25)22-13-6-4-11(5-7-13)8-16(24)23-15-9-12-2-1-3-14(19(26)27)18(12)29-20(15)28/h1-3,11,13,15,28H,4-10,21H2,(H,22,25)(H,23,24)(H,26,27). The number of nitrogens with two attached hydrogens (primary N) is 1. The fraction of sp³-hybridized carbons (Fsp3) is 0.526. The van der Waals surface area contributed by atoms with Crippen molar-refractivity contribution in [2.24, 2.45) is 11.7 Å². The van der Waals surface area contributed by atoms with Crippen molar-refractivity contribution in [3.8, 4) is 5.75 Å². The summed E-state index contributed by atoms with van der Waals surface area (Å²) in [7, 11) is -1.31. The third-order valence-electron chi connectivity index (χ3n) is 5.57. The van der Waals surface area contributed by atoms with Crippen molar-refractivity contribution in [2.75, 3.05) is 6.54 Å². The number of amides is 2. The molecule has 2 aliphatic rings. The van der Waals surface area contributed by atoms with E-state index in [1.165, 1.54) is 6.07 Å². The van der Waals surface area contributed by atoms with Crippen LogP contribution in [0.15, 0.2) is 18.2 Å². The Morgan fingerprint density at radius 2 is 1.86 bits per heavy atom. The van der Waals surface area contributed by atoms with E-state index in [0.29, 0.717) is 18.4 Å². The molecule has 0 aromatic heterocycles. The van der Waals surface area contributed by atoms with E-state index in [4.69, 9.17) is 10.4 Å². The summed E-state index contributed by atoms with van der Waals surface area (Å²) in [5.41, 5.74) is 5.94. The minimum Gasteiger partial charge on any atom is -0.534 e. The molecule has 29 heavy (non-hydrogen) atoms. The molecule has 1 unspecified atom stereocenters. The minimum atomic E-state index is -1.31. The van der Waals surface area contributed by atoms with Crippen molar-refractivity contribution in [1.29, 1.82) is 0 Å². The van der Waals surface area contributed by atoms with Gasteiger partial charge in [-0.2, -0.15) is 0 Å². The molecular formula is C19H26BN3O6. The van der Waals surface area contributed by atoms with Crippen LogP contribution in [0.4, 0.5) is 0 Å². The first-order valence-electron chi connectivity index (χ1n) is 9.86. The molecule has 0 spiro atoms. The predicted octanol–water partition coefficient (Wildman–Crippen LogP) is -0.152. The Morgan fingerprint density at radius 1 is 1.14 bits per heavy atom. The monoisotopic (exact) mass is 403 g/mol. The molecule has 156 valence electrons. The lowest BCUT2D eigenvalue weighted by atomic mass is 9.72. The van der Waals surface area contributed by atoms with Gasteiger partial charge in [-0.15, -0.1) is 0 Å². The molecule has 1 aromatic carbocycles. The Kier molecular flexibility index (Phi) is 6.76. The molecule has 1 aliphatic carbocycles. The molecule has 1 atom stereocenters. The molecule has 3 rings (SSSR count). The summed E-state index contributed by atoms with van der Waals surface area (Å²) < 4.78 is 5.40. The van der Waals surface area contributed by atoms with E-state index in [-0.39, 0.29) is 41.6 Å². The first kappa shape index (κ1) is 21.1. The molecule has 1 aromatic rings. The fourth-order valence-corrected chi connectivity index (χ4v) is 4.04. The SMILES string of the molecule is NCC(=O)NC1CCC(CC(=O)NC2Cc3cccc(C(=O)O)c3OB2O)CC1. The van der Waals surface area contributed by atoms with Gasteiger partial charge in [-0.1, -0.05) is 12.1 Å². The normalized spacial score (nSPS) is 23.5. The van der Waals surface area contributed by atoms with Crippen molar-refractivity contribution in [3.63, 3.8) is 0 Å². The Hall–Kier alpha value is -2.59. The van der Waals surface area contributed by atoms with Gasteiger partial charge in [0, 0.05) is 12.5 Å². The number of benzene rings is 1. The molecule has 1 fully saturated rings. The van der Waals surface area contributed by atoms with Crippen LogP contribution in [0.5, 0.6) is 5.75 Å². The highest BCUT2D eigenvalue weighted by Crippen LogP contribution is 2.31. The number of rotatable bonds is 6. The van der Waals surface area contributed by atoms with Crippen LogP contribution in [-0.4, -0.2) is 53.6 Å². The van der Waals surface area contributed by atoms with E-state index < -0.39 is 19.0 Å². The van der Waals surface area contributed by atoms with Crippen LogP contribution in [-0.2, 0) is 16.0 Å². The number of fused-ring (bicyclic) bond motifs is 1. The molecule has 1 heterocycles. The van der Waals surface area contributed by atoms with Gasteiger partial charge in [0.1, 0.15) is 5.75 Å². The quantitative estimate of drug-likeness (QED) is 0.414. The third-order valence-corrected chi connectivity index (χ3v) is 5.57. The van der Waals surface area contributed by atoms with E-state index in [9.17, 15) is 24.5 Å². The second-order valence-corrected chi connectivity index (χ2v) is 7.68. The van der Waals surface area contributed by atoms with Crippen molar-refractivity contribution in [1.82, 2.24) is 10.6 Å². The zero-order chi connectivity index (χ0) is 21.0. The summed E-state index contributed by atoms with van der Waals surface area (Å²) in [5, 5.41) is 25.2. The second-order valence-electron chi connectivity index (χ2n) is 7.68. The summed E-state index contributed by atoms with van der Waals surface area (Å²) in [6, 6.07) is 4.87. The van der Waals surface area contributed by atoms with Gasteiger partial charge in [-0.25, -0.2) is 4.79 Å². The maximum Gasteiger partial charge on any atom is 0.547 e. The molecule has 0 saturated heterocycles. The average molecular weight is 403 g/mol. The minimum absolute atomic E-state index is 0.00943. The number of hydrogen-bond donors (Lipinski definition) is 5. The highest BCUT2D eigenvalue weighted by Gasteiger charge is 2.38. The van der Waals surface area contributed by atoms with Gasteiger partial charge < -0.3 is 31.2 Å². The summed E-state index contributed by atoms with van der Waals surface area (Å²) in [4.78, 5) is 35.1. The van der Waals surface area contributed by atoms with Gasteiger partial charge in [-0.3, -0.25) is 9.59 Å². The lowest BCUT2D eigenvalue weighted by Gasteiger charge is -2.31. The zero-order valence-electron chi connectivity index (χ0n) is 16.1. The van der Waals surface area contributed by atoms with Crippen LogP contribution in [0.2, 0.25) is 0 Å². The average Bonchev–Trinajstić information content (AvgIpc) is 2.69. The van der Waals surface area contributed by atoms with Gasteiger partial charge in [-0.05, 0) is 49.7 Å². The Morgan fingerprint density at radius 3 is 2.52 bits per heavy atom. The van der Waals surface area contributed by atoms with Crippen molar-refractivity contribution < 1.29 is 29.2 Å². The number of carboxylic acid groups (broad SMARTS) is 1. The molecule has 1 aliphatic heterocycles. The lowest BCUT2D eigenvalue weighted by molar-refractivity contribution is -0.123. The van der Waals surface area contributed by atoms with E-state index in [1.807, 2.05) is 0 Å². The van der Waals surface area contributed by atoms with Gasteiger partial charge in [0.15, 0.2) is 0 Å². The van der Waals surface area contributed by atoms with Gasteiger partial charge in [0.2, 0.25) is 11.8 Å². The highest BCUT2D eigenvalue weighted by atomic mass is 16.5. The third kappa shape index (κ3) is 5.27. The van der Waals surface area contributed by atoms with Gasteiger partial charge >= 0.3 is 13.1 Å². The molecule has 10 heteroatoms. The van der Waals surface area contributed by atoms with Crippen LogP contribution in [0.1, 0.15) is 48.0 Å². The van der Waals surface area contributed by atoms with Crippen LogP contribution in [0.25, 0.3) is 0 Å². The maximum atomic E-state index is 12.5. The summed E-state index contributed by atoms with van der Waals surface area (Å²) >= 11 is 0. The van der Waals surface area contributed by atoms with Gasteiger partial charge in [0.05, 0.1) is 18.0 Å². The smallest absolute Gasteiger partial charge is 0.534 e. The van der Waals surface area contributed by atoms with E-state index >= 15 is 0 Å². The predicted molar refractivity (Wildman–Crippen MR) is 105 cm³/mol. The fourth-order valence-electron chi connectivity index (χ4n) is 4.04. The number of carbonyl (C=O) groups excluding carboxylic acids is 2. The molecule has 6 N–H and O–H groups in total. The zero-order valence-corrected chi connectivity index (χ0v) is 16.1. The highest BCUT2D eigenvalue weighted by molar-refractivity contribution is 6.47. The summed E-state index contributed by atoms with van der Waals surface area (Å²) in [6.07, 6.45) is 3.91. The van der Waals surface area contributed by atoms with Crippen LogP contribution in [0, 0.1) is 5.92 Å². The molecule has 2 amide bonds. The van der Waals surface area contributed by atoms with Crippen molar-refractivity contribution >= 4 is 24.9 Å². The van der Waals surface area contributed by atoms with Crippen molar-refractivity contribution in [3.05, 3.63) is 29.3 Å². The molecule has 0 bridgehead atoms. The Balaban J connectivity index is 1.51.